The fourth-order valence-electron chi connectivity index (χ4n) is 2.95. The number of esters is 1. The maximum atomic E-state index is 12.9. The predicted octanol–water partition coefficient (Wildman–Crippen LogP) is 2.32. The van der Waals surface area contributed by atoms with Gasteiger partial charge in [0, 0.05) is 29.8 Å². The Morgan fingerprint density at radius 1 is 0.969 bits per heavy atom. The molecule has 9 heteroatoms. The van der Waals surface area contributed by atoms with Crippen molar-refractivity contribution in [1.82, 2.24) is 5.32 Å². The summed E-state index contributed by atoms with van der Waals surface area (Å²) in [7, 11) is 0. The highest BCUT2D eigenvalue weighted by Gasteiger charge is 2.27. The van der Waals surface area contributed by atoms with Crippen molar-refractivity contribution in [2.24, 2.45) is 0 Å². The zero-order valence-corrected chi connectivity index (χ0v) is 16.7. The highest BCUT2D eigenvalue weighted by Crippen LogP contribution is 2.26. The number of nitrogens with two attached hydrogens (primary N) is 1. The summed E-state index contributed by atoms with van der Waals surface area (Å²) in [5.74, 6) is -3.60. The fourth-order valence-corrected chi connectivity index (χ4v) is 2.95. The summed E-state index contributed by atoms with van der Waals surface area (Å²) in [5.41, 5.74) is 6.12. The number of aromatic carboxylic acids is 1. The number of ether oxygens (including phenoxy) is 1. The van der Waals surface area contributed by atoms with Crippen LogP contribution in [-0.2, 0) is 11.2 Å². The van der Waals surface area contributed by atoms with E-state index >= 15 is 0 Å². The van der Waals surface area contributed by atoms with Crippen LogP contribution in [0.15, 0.2) is 66.7 Å². The summed E-state index contributed by atoms with van der Waals surface area (Å²) in [4.78, 5) is 37.0. The van der Waals surface area contributed by atoms with Gasteiger partial charge in [-0.1, -0.05) is 24.3 Å². The zero-order chi connectivity index (χ0) is 23.3. The second-order valence-corrected chi connectivity index (χ2v) is 6.89. The number of carboxylic acids is 1. The van der Waals surface area contributed by atoms with E-state index in [0.717, 1.165) is 6.07 Å². The normalized spacial score (nSPS) is 11.4. The van der Waals surface area contributed by atoms with Crippen LogP contribution in [0.1, 0.15) is 26.3 Å². The van der Waals surface area contributed by atoms with Gasteiger partial charge in [-0.25, -0.2) is 9.59 Å². The summed E-state index contributed by atoms with van der Waals surface area (Å²) in [6, 6.07) is 14.4. The summed E-state index contributed by atoms with van der Waals surface area (Å²) < 4.78 is 5.28. The Hall–Kier alpha value is -4.53. The van der Waals surface area contributed by atoms with Crippen LogP contribution in [-0.4, -0.2) is 39.2 Å². The molecular formula is C23H20N2O7. The molecule has 0 aromatic heterocycles. The molecule has 3 rings (SSSR count). The zero-order valence-electron chi connectivity index (χ0n) is 16.7. The van der Waals surface area contributed by atoms with Gasteiger partial charge in [-0.05, 0) is 35.9 Å². The van der Waals surface area contributed by atoms with Crippen LogP contribution in [0.3, 0.4) is 0 Å². The lowest BCUT2D eigenvalue weighted by atomic mass is 10.0. The van der Waals surface area contributed by atoms with Crippen molar-refractivity contribution in [3.05, 3.63) is 83.4 Å². The Morgan fingerprint density at radius 2 is 1.69 bits per heavy atom. The molecule has 32 heavy (non-hydrogen) atoms. The molecule has 3 aromatic rings. The minimum atomic E-state index is -1.33. The quantitative estimate of drug-likeness (QED) is 0.214. The van der Waals surface area contributed by atoms with E-state index in [-0.39, 0.29) is 46.0 Å². The number of phenols is 2. The highest BCUT2D eigenvalue weighted by atomic mass is 16.5. The number of phenolic OH excluding ortho intramolecular Hbond substituents is 2. The first kappa shape index (κ1) is 22.2. The van der Waals surface area contributed by atoms with Gasteiger partial charge in [0.25, 0.3) is 5.91 Å². The van der Waals surface area contributed by atoms with Crippen molar-refractivity contribution in [3.8, 4) is 17.2 Å². The summed E-state index contributed by atoms with van der Waals surface area (Å²) in [5, 5.41) is 31.5. The Balaban J connectivity index is 1.90. The topological polar surface area (TPSA) is 159 Å². The Bertz CT molecular complexity index is 1160. The first-order valence-electron chi connectivity index (χ1n) is 9.46. The number of carbonyl (C=O) groups is 3. The molecule has 0 fully saturated rings. The summed E-state index contributed by atoms with van der Waals surface area (Å²) in [6.07, 6.45) is -0.186. The van der Waals surface area contributed by atoms with Crippen LogP contribution >= 0.6 is 0 Å². The third kappa shape index (κ3) is 5.33. The molecule has 0 aliphatic carbocycles. The smallest absolute Gasteiger partial charge is 0.339 e. The maximum Gasteiger partial charge on any atom is 0.339 e. The predicted molar refractivity (Wildman–Crippen MR) is 115 cm³/mol. The van der Waals surface area contributed by atoms with Gasteiger partial charge in [-0.2, -0.15) is 0 Å². The molecule has 164 valence electrons. The van der Waals surface area contributed by atoms with Crippen LogP contribution in [0, 0.1) is 0 Å². The number of hydrogen-bond donors (Lipinski definition) is 5. The molecule has 0 heterocycles. The van der Waals surface area contributed by atoms with Crippen LogP contribution in [0.5, 0.6) is 17.2 Å². The number of aromatic hydroxyl groups is 2. The van der Waals surface area contributed by atoms with Crippen LogP contribution in [0.2, 0.25) is 0 Å². The molecule has 0 aliphatic heterocycles. The molecule has 6 N–H and O–H groups in total. The monoisotopic (exact) mass is 436 g/mol. The second-order valence-electron chi connectivity index (χ2n) is 6.89. The fraction of sp³-hybridized carbons (Fsp3) is 0.0870. The lowest BCUT2D eigenvalue weighted by Gasteiger charge is -2.19. The number of benzene rings is 3. The number of hydrogen-bond acceptors (Lipinski definition) is 7. The molecule has 1 amide bonds. The third-order valence-corrected chi connectivity index (χ3v) is 4.57. The lowest BCUT2D eigenvalue weighted by molar-refractivity contribution is -0.136. The molecule has 9 nitrogen and oxygen atoms in total. The first-order chi connectivity index (χ1) is 15.2. The first-order valence-corrected chi connectivity index (χ1v) is 9.46. The SMILES string of the molecule is Nc1ccc(C(=O)O)c(OC(=O)C(Cc2ccc(O)cc2O)NC(=O)c2ccccc2)c1. The van der Waals surface area contributed by atoms with Crippen molar-refractivity contribution in [2.45, 2.75) is 12.5 Å². The molecule has 1 unspecified atom stereocenters. The number of nitrogen functional groups attached to an aromatic ring is 1. The number of rotatable bonds is 7. The van der Waals surface area contributed by atoms with Gasteiger partial charge >= 0.3 is 11.9 Å². The van der Waals surface area contributed by atoms with Gasteiger partial charge in [-0.15, -0.1) is 0 Å². The van der Waals surface area contributed by atoms with E-state index in [1.165, 1.54) is 30.3 Å². The molecule has 0 spiro atoms. The van der Waals surface area contributed by atoms with Crippen molar-refractivity contribution in [2.75, 3.05) is 5.73 Å². The third-order valence-electron chi connectivity index (χ3n) is 4.57. The average Bonchev–Trinajstić information content (AvgIpc) is 2.75. The van der Waals surface area contributed by atoms with Gasteiger partial charge in [-0.3, -0.25) is 4.79 Å². The van der Waals surface area contributed by atoms with Gasteiger partial charge in [0.1, 0.15) is 28.9 Å². The number of nitrogens with one attached hydrogen (secondary N) is 1. The maximum absolute atomic E-state index is 12.9. The van der Waals surface area contributed by atoms with Crippen LogP contribution < -0.4 is 15.8 Å². The Labute approximate surface area is 182 Å². The molecular weight excluding hydrogens is 416 g/mol. The van der Waals surface area contributed by atoms with Gasteiger partial charge in [0.15, 0.2) is 0 Å². The second kappa shape index (κ2) is 9.52. The van der Waals surface area contributed by atoms with Crippen molar-refractivity contribution in [1.29, 1.82) is 0 Å². The Morgan fingerprint density at radius 3 is 2.34 bits per heavy atom. The van der Waals surface area contributed by atoms with Gasteiger partial charge < -0.3 is 31.1 Å². The van der Waals surface area contributed by atoms with E-state index < -0.39 is 23.9 Å². The van der Waals surface area contributed by atoms with Gasteiger partial charge in [0.2, 0.25) is 0 Å². The molecule has 3 aromatic carbocycles. The Kier molecular flexibility index (Phi) is 6.59. The van der Waals surface area contributed by atoms with E-state index in [2.05, 4.69) is 5.32 Å². The highest BCUT2D eigenvalue weighted by molar-refractivity contribution is 5.97. The van der Waals surface area contributed by atoms with E-state index in [9.17, 15) is 29.7 Å². The molecule has 0 saturated carbocycles. The van der Waals surface area contributed by atoms with E-state index in [0.29, 0.717) is 0 Å². The van der Waals surface area contributed by atoms with Crippen molar-refractivity contribution in [3.63, 3.8) is 0 Å². The van der Waals surface area contributed by atoms with E-state index in [4.69, 9.17) is 10.5 Å². The molecule has 0 saturated heterocycles. The minimum absolute atomic E-state index is 0.176. The minimum Gasteiger partial charge on any atom is -0.508 e. The number of carbonyl (C=O) groups excluding carboxylic acids is 2. The van der Waals surface area contributed by atoms with Crippen LogP contribution in [0.25, 0.3) is 0 Å². The van der Waals surface area contributed by atoms with Crippen molar-refractivity contribution >= 4 is 23.5 Å². The largest absolute Gasteiger partial charge is 0.508 e. The van der Waals surface area contributed by atoms with Crippen molar-refractivity contribution < 1.29 is 34.4 Å². The molecule has 0 aliphatic rings. The number of amides is 1. The van der Waals surface area contributed by atoms with Gasteiger partial charge in [0.05, 0.1) is 0 Å². The summed E-state index contributed by atoms with van der Waals surface area (Å²) in [6.45, 7) is 0. The summed E-state index contributed by atoms with van der Waals surface area (Å²) >= 11 is 0. The molecule has 1 atom stereocenters. The number of anilines is 1. The lowest BCUT2D eigenvalue weighted by Crippen LogP contribution is -2.44. The van der Waals surface area contributed by atoms with E-state index in [1.54, 1.807) is 30.3 Å². The number of carboxylic acid groups (broad SMARTS) is 1. The van der Waals surface area contributed by atoms with E-state index in [1.807, 2.05) is 0 Å². The average molecular weight is 436 g/mol. The standard InChI is InChI=1S/C23H20N2O7/c24-15-7-9-17(22(29)30)20(11-15)32-23(31)18(10-14-6-8-16(26)12-19(14)27)25-21(28)13-4-2-1-3-5-13/h1-9,11-12,18,26-27H,10,24H2,(H,25,28)(H,29,30). The molecule has 0 radical (unpaired) electrons. The van der Waals surface area contributed by atoms with Crippen LogP contribution in [0.4, 0.5) is 5.69 Å². The molecule has 0 bridgehead atoms.